The lowest BCUT2D eigenvalue weighted by molar-refractivity contribution is 0.383. The zero-order valence-corrected chi connectivity index (χ0v) is 14.5. The molecule has 0 fully saturated rings. The molecule has 0 bridgehead atoms. The minimum atomic E-state index is -4.01. The lowest BCUT2D eigenvalue weighted by atomic mass is 10.2. The number of hydrogen-bond acceptors (Lipinski definition) is 5. The molecule has 2 aromatic rings. The highest BCUT2D eigenvalue weighted by Crippen LogP contribution is 2.16. The average Bonchev–Trinajstić information content (AvgIpc) is 2.54. The maximum Gasteiger partial charge on any atom is 0.306 e. The first-order valence-electron chi connectivity index (χ1n) is 7.23. The van der Waals surface area contributed by atoms with Crippen molar-refractivity contribution in [1.29, 1.82) is 0 Å². The monoisotopic (exact) mass is 338 g/mol. The highest BCUT2D eigenvalue weighted by Gasteiger charge is 2.20. The summed E-state index contributed by atoms with van der Waals surface area (Å²) in [6.45, 7) is 4.34. The van der Waals surface area contributed by atoms with E-state index >= 15 is 0 Å². The van der Waals surface area contributed by atoms with Crippen LogP contribution in [0.5, 0.6) is 5.75 Å². The second-order valence-corrected chi connectivity index (χ2v) is 6.66. The number of nitrogens with zero attached hydrogens (tertiary/aromatic N) is 2. The van der Waals surface area contributed by atoms with Crippen LogP contribution in [0.25, 0.3) is 0 Å². The SMILES string of the molecule is CC.CN(C)Cc1ccn(S(=O)(=O)c2ccccc2)c(=O)c1O. The molecule has 1 heterocycles. The van der Waals surface area contributed by atoms with Gasteiger partial charge in [-0.15, -0.1) is 0 Å². The van der Waals surface area contributed by atoms with E-state index in [0.29, 0.717) is 16.1 Å². The molecule has 0 saturated carbocycles. The molecule has 126 valence electrons. The van der Waals surface area contributed by atoms with E-state index in [-0.39, 0.29) is 4.90 Å². The number of pyridine rings is 1. The van der Waals surface area contributed by atoms with E-state index in [1.165, 1.54) is 24.4 Å². The molecule has 0 spiro atoms. The number of rotatable bonds is 4. The van der Waals surface area contributed by atoms with Crippen molar-refractivity contribution in [3.63, 3.8) is 0 Å². The zero-order chi connectivity index (χ0) is 17.6. The highest BCUT2D eigenvalue weighted by atomic mass is 32.2. The summed E-state index contributed by atoms with van der Waals surface area (Å²) in [5, 5.41) is 9.91. The third kappa shape index (κ3) is 4.20. The van der Waals surface area contributed by atoms with Crippen molar-refractivity contribution >= 4 is 10.0 Å². The second kappa shape index (κ2) is 7.94. The van der Waals surface area contributed by atoms with Gasteiger partial charge in [-0.25, -0.2) is 12.4 Å². The molecule has 7 heteroatoms. The highest BCUT2D eigenvalue weighted by molar-refractivity contribution is 7.90. The van der Waals surface area contributed by atoms with Crippen molar-refractivity contribution in [2.75, 3.05) is 14.1 Å². The van der Waals surface area contributed by atoms with Crippen molar-refractivity contribution < 1.29 is 13.5 Å². The lowest BCUT2D eigenvalue weighted by Gasteiger charge is -2.13. The minimum Gasteiger partial charge on any atom is -0.503 e. The number of hydrogen-bond donors (Lipinski definition) is 1. The van der Waals surface area contributed by atoms with Crippen molar-refractivity contribution in [3.8, 4) is 5.75 Å². The molecular formula is C16H22N2O4S. The number of aromatic nitrogens is 1. The van der Waals surface area contributed by atoms with Gasteiger partial charge in [-0.2, -0.15) is 0 Å². The first kappa shape index (κ1) is 18.9. The molecule has 0 aliphatic rings. The smallest absolute Gasteiger partial charge is 0.306 e. The van der Waals surface area contributed by atoms with E-state index in [1.807, 2.05) is 13.8 Å². The fourth-order valence-corrected chi connectivity index (χ4v) is 3.16. The Morgan fingerprint density at radius 3 is 2.17 bits per heavy atom. The Morgan fingerprint density at radius 2 is 1.65 bits per heavy atom. The van der Waals surface area contributed by atoms with Crippen LogP contribution in [0.15, 0.2) is 52.3 Å². The summed E-state index contributed by atoms with van der Waals surface area (Å²) >= 11 is 0. The number of aromatic hydroxyl groups is 1. The van der Waals surface area contributed by atoms with Gasteiger partial charge in [-0.1, -0.05) is 32.0 Å². The Kier molecular flexibility index (Phi) is 6.53. The van der Waals surface area contributed by atoms with Gasteiger partial charge in [0.05, 0.1) is 4.90 Å². The van der Waals surface area contributed by atoms with E-state index < -0.39 is 21.3 Å². The quantitative estimate of drug-likeness (QED) is 0.921. The molecule has 0 atom stereocenters. The number of benzene rings is 1. The fraction of sp³-hybridized carbons (Fsp3) is 0.312. The molecule has 23 heavy (non-hydrogen) atoms. The molecule has 1 N–H and O–H groups in total. The van der Waals surface area contributed by atoms with E-state index in [4.69, 9.17) is 0 Å². The topological polar surface area (TPSA) is 79.6 Å². The molecule has 0 unspecified atom stereocenters. The van der Waals surface area contributed by atoms with Gasteiger partial charge in [0, 0.05) is 18.3 Å². The van der Waals surface area contributed by atoms with Crippen LogP contribution < -0.4 is 5.56 Å². The lowest BCUT2D eigenvalue weighted by Crippen LogP contribution is -2.28. The molecule has 1 aromatic heterocycles. The Bertz CT molecular complexity index is 797. The maximum atomic E-state index is 12.4. The summed E-state index contributed by atoms with van der Waals surface area (Å²) in [6, 6.07) is 9.03. The van der Waals surface area contributed by atoms with Crippen molar-refractivity contribution in [3.05, 3.63) is 58.5 Å². The van der Waals surface area contributed by atoms with Crippen LogP contribution in [0.1, 0.15) is 19.4 Å². The van der Waals surface area contributed by atoms with Gasteiger partial charge in [0.15, 0.2) is 5.75 Å². The van der Waals surface area contributed by atoms with Crippen LogP contribution in [0.3, 0.4) is 0 Å². The van der Waals surface area contributed by atoms with Crippen molar-refractivity contribution in [2.24, 2.45) is 0 Å². The van der Waals surface area contributed by atoms with E-state index in [9.17, 15) is 18.3 Å². The van der Waals surface area contributed by atoms with E-state index in [2.05, 4.69) is 0 Å². The standard InChI is InChI=1S/C14H16N2O4S.C2H6/c1-15(2)10-11-8-9-16(14(18)13(11)17)21(19,20)12-6-4-3-5-7-12;1-2/h3-9,17H,10H2,1-2H3;1-2H3. The summed E-state index contributed by atoms with van der Waals surface area (Å²) in [5.41, 5.74) is -0.567. The average molecular weight is 338 g/mol. The van der Waals surface area contributed by atoms with Crippen LogP contribution in [0.2, 0.25) is 0 Å². The van der Waals surface area contributed by atoms with Gasteiger partial charge in [-0.05, 0) is 32.3 Å². The third-order valence-corrected chi connectivity index (χ3v) is 4.58. The van der Waals surface area contributed by atoms with Crippen LogP contribution in [-0.2, 0) is 16.6 Å². The summed E-state index contributed by atoms with van der Waals surface area (Å²) in [5.74, 6) is -0.550. The Balaban J connectivity index is 0.00000127. The largest absolute Gasteiger partial charge is 0.503 e. The van der Waals surface area contributed by atoms with Gasteiger partial charge in [-0.3, -0.25) is 4.79 Å². The van der Waals surface area contributed by atoms with Gasteiger partial charge in [0.1, 0.15) is 0 Å². The van der Waals surface area contributed by atoms with Gasteiger partial charge in [0.2, 0.25) is 0 Å². The maximum absolute atomic E-state index is 12.4. The third-order valence-electron chi connectivity index (χ3n) is 2.90. The Hall–Kier alpha value is -2.12. The second-order valence-electron chi connectivity index (χ2n) is 4.85. The van der Waals surface area contributed by atoms with Crippen LogP contribution in [0, 0.1) is 0 Å². The molecule has 6 nitrogen and oxygen atoms in total. The summed E-state index contributed by atoms with van der Waals surface area (Å²) < 4.78 is 25.3. The zero-order valence-electron chi connectivity index (χ0n) is 13.7. The predicted molar refractivity (Wildman–Crippen MR) is 90.1 cm³/mol. The van der Waals surface area contributed by atoms with Gasteiger partial charge >= 0.3 is 5.56 Å². The predicted octanol–water partition coefficient (Wildman–Crippen LogP) is 1.88. The van der Waals surface area contributed by atoms with E-state index in [1.54, 1.807) is 37.2 Å². The van der Waals surface area contributed by atoms with Gasteiger partial charge in [0.25, 0.3) is 10.0 Å². The normalized spacial score (nSPS) is 11.0. The minimum absolute atomic E-state index is 0.00754. The summed E-state index contributed by atoms with van der Waals surface area (Å²) in [6.07, 6.45) is 1.17. The van der Waals surface area contributed by atoms with Crippen molar-refractivity contribution in [2.45, 2.75) is 25.3 Å². The molecule has 1 aromatic carbocycles. The van der Waals surface area contributed by atoms with E-state index in [0.717, 1.165) is 0 Å². The summed E-state index contributed by atoms with van der Waals surface area (Å²) in [4.78, 5) is 13.9. The summed E-state index contributed by atoms with van der Waals surface area (Å²) in [7, 11) is -0.440. The molecule has 0 aliphatic carbocycles. The Morgan fingerprint density at radius 1 is 1.09 bits per heavy atom. The van der Waals surface area contributed by atoms with Crippen molar-refractivity contribution in [1.82, 2.24) is 8.87 Å². The molecule has 0 aliphatic heterocycles. The van der Waals surface area contributed by atoms with Crippen LogP contribution in [-0.4, -0.2) is 36.5 Å². The molecule has 0 saturated heterocycles. The molecule has 0 amide bonds. The molecule has 0 radical (unpaired) electrons. The molecule has 2 rings (SSSR count). The first-order chi connectivity index (χ1) is 10.8. The van der Waals surface area contributed by atoms with Gasteiger partial charge < -0.3 is 10.0 Å². The van der Waals surface area contributed by atoms with Crippen LogP contribution >= 0.6 is 0 Å². The fourth-order valence-electron chi connectivity index (χ4n) is 1.91. The molecular weight excluding hydrogens is 316 g/mol. The first-order valence-corrected chi connectivity index (χ1v) is 8.67. The Labute approximate surface area is 136 Å². The van der Waals surface area contributed by atoms with Crippen LogP contribution in [0.4, 0.5) is 0 Å².